The SMILES string of the molecule is CCOc1ccc(-c2nnc(C3CC(OC(=O)NC(C)(C)C)C3)n2-c2ccccc2F)nc1. The Morgan fingerprint density at radius 3 is 2.58 bits per heavy atom. The first kappa shape index (κ1) is 22.7. The molecule has 0 bridgehead atoms. The van der Waals surface area contributed by atoms with Crippen molar-refractivity contribution in [2.45, 2.75) is 58.1 Å². The largest absolute Gasteiger partial charge is 0.492 e. The number of para-hydroxylation sites is 1. The first-order valence-corrected chi connectivity index (χ1v) is 11.0. The number of alkyl carbamates (subject to hydrolysis) is 1. The van der Waals surface area contributed by atoms with Crippen LogP contribution in [0.25, 0.3) is 17.2 Å². The maximum absolute atomic E-state index is 14.8. The molecule has 174 valence electrons. The van der Waals surface area contributed by atoms with Crippen molar-refractivity contribution in [1.82, 2.24) is 25.1 Å². The van der Waals surface area contributed by atoms with E-state index in [1.807, 2.05) is 27.7 Å². The molecule has 4 rings (SSSR count). The molecule has 8 nitrogen and oxygen atoms in total. The van der Waals surface area contributed by atoms with Gasteiger partial charge >= 0.3 is 6.09 Å². The topological polar surface area (TPSA) is 91.2 Å². The second-order valence-electron chi connectivity index (χ2n) is 9.05. The van der Waals surface area contributed by atoms with E-state index >= 15 is 0 Å². The van der Waals surface area contributed by atoms with Crippen LogP contribution in [0.5, 0.6) is 5.75 Å². The Labute approximate surface area is 192 Å². The van der Waals surface area contributed by atoms with Crippen LogP contribution in [0.3, 0.4) is 0 Å². The van der Waals surface area contributed by atoms with Gasteiger partial charge in [-0.3, -0.25) is 4.57 Å². The van der Waals surface area contributed by atoms with Gasteiger partial charge in [0.1, 0.15) is 29.2 Å². The van der Waals surface area contributed by atoms with Crippen molar-refractivity contribution >= 4 is 6.09 Å². The lowest BCUT2D eigenvalue weighted by molar-refractivity contribution is 0.0336. The number of hydrogen-bond acceptors (Lipinski definition) is 6. The zero-order chi connectivity index (χ0) is 23.6. The highest BCUT2D eigenvalue weighted by molar-refractivity contribution is 5.68. The summed E-state index contributed by atoms with van der Waals surface area (Å²) in [5, 5.41) is 11.5. The van der Waals surface area contributed by atoms with E-state index in [2.05, 4.69) is 20.5 Å². The van der Waals surface area contributed by atoms with Gasteiger partial charge in [-0.1, -0.05) is 12.1 Å². The molecule has 33 heavy (non-hydrogen) atoms. The second kappa shape index (κ2) is 9.17. The molecule has 0 aliphatic heterocycles. The van der Waals surface area contributed by atoms with Gasteiger partial charge in [0.15, 0.2) is 5.82 Å². The Bertz CT molecular complexity index is 1120. The van der Waals surface area contributed by atoms with Gasteiger partial charge in [0, 0.05) is 11.5 Å². The van der Waals surface area contributed by atoms with Crippen molar-refractivity contribution in [2.24, 2.45) is 0 Å². The molecule has 1 aliphatic carbocycles. The predicted molar refractivity (Wildman–Crippen MR) is 121 cm³/mol. The lowest BCUT2D eigenvalue weighted by Crippen LogP contribution is -2.44. The van der Waals surface area contributed by atoms with Gasteiger partial charge in [-0.15, -0.1) is 10.2 Å². The van der Waals surface area contributed by atoms with Gasteiger partial charge in [0.25, 0.3) is 0 Å². The molecule has 9 heteroatoms. The highest BCUT2D eigenvalue weighted by Crippen LogP contribution is 2.40. The number of carbonyl (C=O) groups excluding carboxylic acids is 1. The van der Waals surface area contributed by atoms with Gasteiger partial charge in [-0.25, -0.2) is 14.2 Å². The van der Waals surface area contributed by atoms with Crippen molar-refractivity contribution in [3.05, 3.63) is 54.2 Å². The van der Waals surface area contributed by atoms with Gasteiger partial charge in [0.2, 0.25) is 0 Å². The third-order valence-corrected chi connectivity index (χ3v) is 5.27. The third-order valence-electron chi connectivity index (χ3n) is 5.27. The lowest BCUT2D eigenvalue weighted by Gasteiger charge is -2.35. The first-order chi connectivity index (χ1) is 15.7. The summed E-state index contributed by atoms with van der Waals surface area (Å²) in [5.74, 6) is 1.28. The van der Waals surface area contributed by atoms with Crippen molar-refractivity contribution in [3.63, 3.8) is 0 Å². The van der Waals surface area contributed by atoms with Crippen molar-refractivity contribution < 1.29 is 18.7 Å². The number of carbonyl (C=O) groups is 1. The average molecular weight is 454 g/mol. The van der Waals surface area contributed by atoms with Crippen molar-refractivity contribution in [1.29, 1.82) is 0 Å². The van der Waals surface area contributed by atoms with Crippen LogP contribution in [0, 0.1) is 5.82 Å². The summed E-state index contributed by atoms with van der Waals surface area (Å²) in [4.78, 5) is 16.5. The maximum atomic E-state index is 14.8. The van der Waals surface area contributed by atoms with Gasteiger partial charge < -0.3 is 14.8 Å². The van der Waals surface area contributed by atoms with E-state index in [0.29, 0.717) is 48.2 Å². The number of aromatic nitrogens is 4. The standard InChI is InChI=1S/C24H28FN5O3/c1-5-32-16-10-11-19(26-14-16)22-29-28-21(30(22)20-9-7-6-8-18(20)25)15-12-17(13-15)33-23(31)27-24(2,3)4/h6-11,14-15,17H,5,12-13H2,1-4H3,(H,27,31). The molecule has 0 atom stereocenters. The summed E-state index contributed by atoms with van der Waals surface area (Å²) in [6, 6.07) is 10.1. The van der Waals surface area contributed by atoms with Crippen LogP contribution in [-0.2, 0) is 4.74 Å². The molecular weight excluding hydrogens is 425 g/mol. The van der Waals surface area contributed by atoms with E-state index in [-0.39, 0.29) is 23.4 Å². The first-order valence-electron chi connectivity index (χ1n) is 11.0. The predicted octanol–water partition coefficient (Wildman–Crippen LogP) is 4.64. The number of benzene rings is 1. The highest BCUT2D eigenvalue weighted by atomic mass is 19.1. The summed E-state index contributed by atoms with van der Waals surface area (Å²) in [5.41, 5.74) is 0.528. The van der Waals surface area contributed by atoms with Crippen LogP contribution in [0.2, 0.25) is 0 Å². The van der Waals surface area contributed by atoms with E-state index < -0.39 is 6.09 Å². The number of nitrogens with zero attached hydrogens (tertiary/aromatic N) is 4. The monoisotopic (exact) mass is 453 g/mol. The number of pyridine rings is 1. The second-order valence-corrected chi connectivity index (χ2v) is 9.05. The fourth-order valence-corrected chi connectivity index (χ4v) is 3.72. The minimum Gasteiger partial charge on any atom is -0.492 e. The minimum absolute atomic E-state index is 0.0269. The summed E-state index contributed by atoms with van der Waals surface area (Å²) in [6.45, 7) is 8.12. The van der Waals surface area contributed by atoms with Crippen LogP contribution in [0.1, 0.15) is 52.3 Å². The molecule has 0 saturated heterocycles. The fourth-order valence-electron chi connectivity index (χ4n) is 3.72. The number of hydrogen-bond donors (Lipinski definition) is 1. The van der Waals surface area contributed by atoms with Gasteiger partial charge in [-0.05, 0) is 64.8 Å². The van der Waals surface area contributed by atoms with Crippen LogP contribution in [0.4, 0.5) is 9.18 Å². The maximum Gasteiger partial charge on any atom is 0.407 e. The molecule has 3 aromatic rings. The number of ether oxygens (including phenoxy) is 2. The third kappa shape index (κ3) is 5.13. The molecule has 2 aromatic heterocycles. The molecule has 1 fully saturated rings. The molecule has 1 aromatic carbocycles. The minimum atomic E-state index is -0.444. The fraction of sp³-hybridized carbons (Fsp3) is 0.417. The van der Waals surface area contributed by atoms with Gasteiger partial charge in [-0.2, -0.15) is 0 Å². The smallest absolute Gasteiger partial charge is 0.407 e. The normalized spacial score (nSPS) is 17.8. The zero-order valence-electron chi connectivity index (χ0n) is 19.2. The van der Waals surface area contributed by atoms with Gasteiger partial charge in [0.05, 0.1) is 18.5 Å². The molecule has 1 saturated carbocycles. The zero-order valence-corrected chi connectivity index (χ0v) is 19.2. The molecule has 0 radical (unpaired) electrons. The van der Waals surface area contributed by atoms with E-state index in [4.69, 9.17) is 9.47 Å². The van der Waals surface area contributed by atoms with Crippen LogP contribution >= 0.6 is 0 Å². The van der Waals surface area contributed by atoms with Crippen LogP contribution < -0.4 is 10.1 Å². The molecule has 1 amide bonds. The van der Waals surface area contributed by atoms with Crippen molar-refractivity contribution in [2.75, 3.05) is 6.61 Å². The van der Waals surface area contributed by atoms with Crippen molar-refractivity contribution in [3.8, 4) is 23.0 Å². The number of halogens is 1. The summed E-state index contributed by atoms with van der Waals surface area (Å²) in [7, 11) is 0. The van der Waals surface area contributed by atoms with E-state index in [9.17, 15) is 9.18 Å². The molecule has 0 unspecified atom stereocenters. The summed E-state index contributed by atoms with van der Waals surface area (Å²) in [6.07, 6.45) is 2.11. The Balaban J connectivity index is 1.59. The highest BCUT2D eigenvalue weighted by Gasteiger charge is 2.38. The van der Waals surface area contributed by atoms with E-state index in [1.165, 1.54) is 6.07 Å². The lowest BCUT2D eigenvalue weighted by atomic mass is 9.81. The summed E-state index contributed by atoms with van der Waals surface area (Å²) >= 11 is 0. The quantitative estimate of drug-likeness (QED) is 0.585. The Hall–Kier alpha value is -3.49. The van der Waals surface area contributed by atoms with E-state index in [1.54, 1.807) is 41.1 Å². The number of amides is 1. The molecule has 0 spiro atoms. The van der Waals surface area contributed by atoms with Crippen LogP contribution in [-0.4, -0.2) is 44.1 Å². The van der Waals surface area contributed by atoms with Crippen LogP contribution in [0.15, 0.2) is 42.6 Å². The summed E-state index contributed by atoms with van der Waals surface area (Å²) < 4.78 is 27.5. The number of nitrogens with one attached hydrogen (secondary N) is 1. The Morgan fingerprint density at radius 2 is 1.94 bits per heavy atom. The number of rotatable bonds is 6. The van der Waals surface area contributed by atoms with E-state index in [0.717, 1.165) is 0 Å². The Morgan fingerprint density at radius 1 is 1.18 bits per heavy atom. The Kier molecular flexibility index (Phi) is 6.31. The molecular formula is C24H28FN5O3. The molecule has 1 aliphatic rings. The molecule has 1 N–H and O–H groups in total. The average Bonchev–Trinajstić information content (AvgIpc) is 3.14. The molecule has 2 heterocycles.